The molecule has 1 atom stereocenters. The molecule has 0 saturated carbocycles. The molecule has 1 N–H and O–H groups in total. The second kappa shape index (κ2) is 4.67. The summed E-state index contributed by atoms with van der Waals surface area (Å²) in [6, 6.07) is -0.221. The van der Waals surface area contributed by atoms with Crippen molar-refractivity contribution in [3.8, 4) is 0 Å². The van der Waals surface area contributed by atoms with Crippen LogP contribution in [0.1, 0.15) is 24.6 Å². The molecule has 0 aliphatic rings. The molecule has 0 aromatic carbocycles. The number of imidazole rings is 1. The van der Waals surface area contributed by atoms with Gasteiger partial charge in [-0.05, 0) is 16.8 Å². The van der Waals surface area contributed by atoms with Crippen molar-refractivity contribution < 1.29 is 4.92 Å². The molecule has 2 aromatic heterocycles. The zero-order valence-electron chi connectivity index (χ0n) is 11.2. The van der Waals surface area contributed by atoms with Gasteiger partial charge in [0.25, 0.3) is 0 Å². The van der Waals surface area contributed by atoms with Gasteiger partial charge in [0.2, 0.25) is 11.6 Å². The van der Waals surface area contributed by atoms with Crippen LogP contribution in [0.3, 0.4) is 0 Å². The van der Waals surface area contributed by atoms with Crippen molar-refractivity contribution in [1.29, 1.82) is 0 Å². The van der Waals surface area contributed by atoms with Crippen LogP contribution in [0.4, 0.5) is 11.6 Å². The topological polar surface area (TPSA) is 104 Å². The molecule has 9 heteroatoms. The Hall–Kier alpha value is -2.45. The Morgan fingerprint density at radius 2 is 2.16 bits per heavy atom. The average molecular weight is 265 g/mol. The Labute approximate surface area is 109 Å². The van der Waals surface area contributed by atoms with E-state index < -0.39 is 4.92 Å². The van der Waals surface area contributed by atoms with Gasteiger partial charge in [0.05, 0.1) is 6.04 Å². The molecule has 0 aliphatic carbocycles. The fourth-order valence-corrected chi connectivity index (χ4v) is 1.84. The number of aromatic nitrogens is 5. The molecule has 102 valence electrons. The molecule has 19 heavy (non-hydrogen) atoms. The van der Waals surface area contributed by atoms with Gasteiger partial charge in [-0.15, -0.1) is 10.2 Å². The number of aryl methyl sites for hydroxylation is 2. The second-order valence-corrected chi connectivity index (χ2v) is 4.31. The summed E-state index contributed by atoms with van der Waals surface area (Å²) < 4.78 is 3.40. The van der Waals surface area contributed by atoms with Gasteiger partial charge >= 0.3 is 5.82 Å². The van der Waals surface area contributed by atoms with E-state index in [2.05, 4.69) is 20.5 Å². The predicted molar refractivity (Wildman–Crippen MR) is 67.6 cm³/mol. The zero-order valence-corrected chi connectivity index (χ0v) is 11.2. The molecule has 0 radical (unpaired) electrons. The van der Waals surface area contributed by atoms with Crippen LogP contribution < -0.4 is 5.32 Å². The van der Waals surface area contributed by atoms with E-state index in [4.69, 9.17) is 0 Å². The van der Waals surface area contributed by atoms with Crippen LogP contribution in [0.25, 0.3) is 0 Å². The minimum absolute atomic E-state index is 0.186. The number of hydrogen-bond acceptors (Lipinski definition) is 6. The summed E-state index contributed by atoms with van der Waals surface area (Å²) in [4.78, 5) is 14.4. The fourth-order valence-electron chi connectivity index (χ4n) is 1.84. The molecule has 2 rings (SSSR count). The van der Waals surface area contributed by atoms with Gasteiger partial charge in [0.15, 0.2) is 5.82 Å². The number of rotatable bonds is 4. The first-order valence-corrected chi connectivity index (χ1v) is 5.70. The summed E-state index contributed by atoms with van der Waals surface area (Å²) in [7, 11) is 3.54. The Morgan fingerprint density at radius 3 is 2.68 bits per heavy atom. The number of nitrogens with one attached hydrogen (secondary N) is 1. The minimum Gasteiger partial charge on any atom is -0.358 e. The Bertz CT molecular complexity index is 615. The third kappa shape index (κ3) is 2.26. The molecule has 0 spiro atoms. The largest absolute Gasteiger partial charge is 0.406 e. The highest BCUT2D eigenvalue weighted by atomic mass is 16.6. The maximum absolute atomic E-state index is 11.0. The van der Waals surface area contributed by atoms with Crippen molar-refractivity contribution in [2.45, 2.75) is 19.9 Å². The van der Waals surface area contributed by atoms with E-state index in [0.717, 1.165) is 0 Å². The minimum atomic E-state index is -0.501. The first kappa shape index (κ1) is 13.0. The fraction of sp³-hybridized carbons (Fsp3) is 0.500. The summed E-state index contributed by atoms with van der Waals surface area (Å²) in [5.74, 6) is 1.43. The van der Waals surface area contributed by atoms with Crippen LogP contribution in [0.15, 0.2) is 6.33 Å². The van der Waals surface area contributed by atoms with E-state index in [-0.39, 0.29) is 11.9 Å². The van der Waals surface area contributed by atoms with E-state index in [1.807, 2.05) is 14.0 Å². The van der Waals surface area contributed by atoms with Crippen LogP contribution in [0.5, 0.6) is 0 Å². The Morgan fingerprint density at radius 1 is 1.47 bits per heavy atom. The SMILES string of the molecule is Cc1nc([N+](=O)[O-])c(NC(C)c2nncn2C)n1C. The summed E-state index contributed by atoms with van der Waals surface area (Å²) in [6.07, 6.45) is 1.58. The van der Waals surface area contributed by atoms with Crippen LogP contribution >= 0.6 is 0 Å². The summed E-state index contributed by atoms with van der Waals surface area (Å²) in [5, 5.41) is 21.8. The third-order valence-corrected chi connectivity index (χ3v) is 2.96. The molecule has 0 fully saturated rings. The second-order valence-electron chi connectivity index (χ2n) is 4.31. The van der Waals surface area contributed by atoms with Gasteiger partial charge in [-0.25, -0.2) is 0 Å². The number of anilines is 1. The van der Waals surface area contributed by atoms with Crippen LogP contribution in [0, 0.1) is 17.0 Å². The first-order chi connectivity index (χ1) is 8.91. The lowest BCUT2D eigenvalue weighted by Crippen LogP contribution is -2.15. The zero-order chi connectivity index (χ0) is 14.2. The van der Waals surface area contributed by atoms with Crippen molar-refractivity contribution in [2.75, 3.05) is 5.32 Å². The van der Waals surface area contributed by atoms with Crippen LogP contribution in [-0.4, -0.2) is 29.2 Å². The van der Waals surface area contributed by atoms with E-state index >= 15 is 0 Å². The molecular weight excluding hydrogens is 250 g/mol. The van der Waals surface area contributed by atoms with Crippen molar-refractivity contribution in [1.82, 2.24) is 24.3 Å². The van der Waals surface area contributed by atoms with E-state index in [0.29, 0.717) is 17.5 Å². The van der Waals surface area contributed by atoms with Gasteiger partial charge in [-0.1, -0.05) is 0 Å². The lowest BCUT2D eigenvalue weighted by molar-refractivity contribution is -0.388. The van der Waals surface area contributed by atoms with Crippen molar-refractivity contribution in [3.05, 3.63) is 28.1 Å². The van der Waals surface area contributed by atoms with E-state index in [1.54, 1.807) is 29.4 Å². The smallest absolute Gasteiger partial charge is 0.358 e. The first-order valence-electron chi connectivity index (χ1n) is 5.70. The molecule has 1 unspecified atom stereocenters. The third-order valence-electron chi connectivity index (χ3n) is 2.96. The maximum Gasteiger partial charge on any atom is 0.406 e. The van der Waals surface area contributed by atoms with Crippen molar-refractivity contribution in [2.24, 2.45) is 14.1 Å². The number of hydrogen-bond donors (Lipinski definition) is 1. The molecule has 2 heterocycles. The Balaban J connectivity index is 2.33. The van der Waals surface area contributed by atoms with Crippen LogP contribution in [0.2, 0.25) is 0 Å². The molecule has 0 aliphatic heterocycles. The normalized spacial score (nSPS) is 12.4. The number of nitro groups is 1. The molecule has 0 saturated heterocycles. The summed E-state index contributed by atoms with van der Waals surface area (Å²) in [6.45, 7) is 3.57. The number of nitrogens with zero attached hydrogens (tertiary/aromatic N) is 6. The monoisotopic (exact) mass is 265 g/mol. The lowest BCUT2D eigenvalue weighted by atomic mass is 10.3. The van der Waals surface area contributed by atoms with E-state index in [9.17, 15) is 10.1 Å². The van der Waals surface area contributed by atoms with Crippen molar-refractivity contribution in [3.63, 3.8) is 0 Å². The highest BCUT2D eigenvalue weighted by Crippen LogP contribution is 2.27. The van der Waals surface area contributed by atoms with E-state index in [1.165, 1.54) is 0 Å². The van der Waals surface area contributed by atoms with Gasteiger partial charge in [-0.2, -0.15) is 0 Å². The Kier molecular flexibility index (Phi) is 3.19. The molecule has 0 amide bonds. The molecule has 0 bridgehead atoms. The lowest BCUT2D eigenvalue weighted by Gasteiger charge is -2.13. The van der Waals surface area contributed by atoms with Crippen molar-refractivity contribution >= 4 is 11.6 Å². The standard InChI is InChI=1S/C10H15N7O2/c1-6(8-14-11-5-15(8)3)12-9-10(17(18)19)13-7(2)16(9)4/h5-6,12H,1-4H3. The average Bonchev–Trinajstić information content (AvgIpc) is 2.88. The van der Waals surface area contributed by atoms with Gasteiger partial charge in [0.1, 0.15) is 6.33 Å². The summed E-state index contributed by atoms with van der Waals surface area (Å²) in [5.41, 5.74) is 0. The summed E-state index contributed by atoms with van der Waals surface area (Å²) >= 11 is 0. The maximum atomic E-state index is 11.0. The van der Waals surface area contributed by atoms with Gasteiger partial charge < -0.3 is 20.0 Å². The quantitative estimate of drug-likeness (QED) is 0.651. The molecule has 2 aromatic rings. The van der Waals surface area contributed by atoms with Gasteiger partial charge in [0, 0.05) is 21.0 Å². The molecular formula is C10H15N7O2. The van der Waals surface area contributed by atoms with Crippen LogP contribution in [-0.2, 0) is 14.1 Å². The molecule has 9 nitrogen and oxygen atoms in total. The highest BCUT2D eigenvalue weighted by Gasteiger charge is 2.25. The predicted octanol–water partition coefficient (Wildman–Crippen LogP) is 0.938. The van der Waals surface area contributed by atoms with Gasteiger partial charge in [-0.3, -0.25) is 4.57 Å². The highest BCUT2D eigenvalue weighted by molar-refractivity contribution is 5.54.